The summed E-state index contributed by atoms with van der Waals surface area (Å²) in [5, 5.41) is 8.21. The molecule has 3 aromatic rings. The molecular weight excluding hydrogens is 418 g/mol. The van der Waals surface area contributed by atoms with E-state index in [1.165, 1.54) is 11.1 Å². The molecule has 8 nitrogen and oxygen atoms in total. The van der Waals surface area contributed by atoms with Gasteiger partial charge in [0.25, 0.3) is 5.91 Å². The third-order valence-corrected chi connectivity index (χ3v) is 5.84. The number of hydrogen-bond donors (Lipinski definition) is 2. The molecule has 1 aliphatic heterocycles. The van der Waals surface area contributed by atoms with Crippen LogP contribution in [0.3, 0.4) is 0 Å². The van der Waals surface area contributed by atoms with Crippen LogP contribution >= 0.6 is 0 Å². The summed E-state index contributed by atoms with van der Waals surface area (Å²) < 4.78 is 7.26. The SMILES string of the molecule is Cc1ccc(NCC(=O)N/N=C\c2cn(CC(=O)N3CCOCC3)c3ccccc23)cc1C. The summed E-state index contributed by atoms with van der Waals surface area (Å²) in [6.45, 7) is 6.85. The van der Waals surface area contributed by atoms with Crippen LogP contribution in [0.4, 0.5) is 5.69 Å². The Morgan fingerprint density at radius 1 is 1.09 bits per heavy atom. The van der Waals surface area contributed by atoms with Crippen molar-refractivity contribution in [1.29, 1.82) is 0 Å². The summed E-state index contributed by atoms with van der Waals surface area (Å²) in [5.41, 5.74) is 7.62. The maximum atomic E-state index is 12.7. The molecule has 0 atom stereocenters. The zero-order chi connectivity index (χ0) is 23.2. The highest BCUT2D eigenvalue weighted by atomic mass is 16.5. The number of benzene rings is 2. The van der Waals surface area contributed by atoms with Crippen molar-refractivity contribution in [3.8, 4) is 0 Å². The van der Waals surface area contributed by atoms with Gasteiger partial charge in [-0.05, 0) is 43.2 Å². The van der Waals surface area contributed by atoms with Gasteiger partial charge in [0, 0.05) is 41.4 Å². The number of carbonyl (C=O) groups excluding carboxylic acids is 2. The topological polar surface area (TPSA) is 88.0 Å². The Balaban J connectivity index is 1.39. The van der Waals surface area contributed by atoms with Crippen molar-refractivity contribution in [2.75, 3.05) is 38.2 Å². The Kier molecular flexibility index (Phi) is 7.04. The molecule has 1 saturated heterocycles. The van der Waals surface area contributed by atoms with Crippen LogP contribution in [0.5, 0.6) is 0 Å². The Bertz CT molecular complexity index is 1180. The Labute approximate surface area is 193 Å². The number of rotatable bonds is 7. The van der Waals surface area contributed by atoms with Gasteiger partial charge in [0.15, 0.2) is 0 Å². The Hall–Kier alpha value is -3.65. The number of nitrogens with one attached hydrogen (secondary N) is 2. The van der Waals surface area contributed by atoms with Gasteiger partial charge in [-0.25, -0.2) is 5.43 Å². The second kappa shape index (κ2) is 10.3. The monoisotopic (exact) mass is 447 g/mol. The first-order valence-corrected chi connectivity index (χ1v) is 11.1. The molecule has 0 aliphatic carbocycles. The number of para-hydroxylation sites is 1. The van der Waals surface area contributed by atoms with E-state index in [1.807, 2.05) is 65.1 Å². The summed E-state index contributed by atoms with van der Waals surface area (Å²) in [6, 6.07) is 13.8. The molecule has 33 heavy (non-hydrogen) atoms. The van der Waals surface area contributed by atoms with Gasteiger partial charge in [0.1, 0.15) is 6.54 Å². The van der Waals surface area contributed by atoms with E-state index in [0.717, 1.165) is 22.2 Å². The van der Waals surface area contributed by atoms with Gasteiger partial charge in [0.05, 0.1) is 26.0 Å². The molecule has 0 spiro atoms. The van der Waals surface area contributed by atoms with E-state index in [1.54, 1.807) is 6.21 Å². The molecule has 1 aliphatic rings. The van der Waals surface area contributed by atoms with Crippen molar-refractivity contribution >= 4 is 34.6 Å². The minimum Gasteiger partial charge on any atom is -0.378 e. The molecule has 2 aromatic carbocycles. The normalized spacial score (nSPS) is 14.1. The molecule has 172 valence electrons. The highest BCUT2D eigenvalue weighted by Gasteiger charge is 2.18. The van der Waals surface area contributed by atoms with Crippen LogP contribution in [0.15, 0.2) is 53.8 Å². The van der Waals surface area contributed by atoms with E-state index < -0.39 is 0 Å². The van der Waals surface area contributed by atoms with Crippen LogP contribution in [0.1, 0.15) is 16.7 Å². The fourth-order valence-electron chi connectivity index (χ4n) is 3.81. The van der Waals surface area contributed by atoms with Gasteiger partial charge in [-0.1, -0.05) is 24.3 Å². The van der Waals surface area contributed by atoms with Gasteiger partial charge < -0.3 is 19.5 Å². The zero-order valence-corrected chi connectivity index (χ0v) is 19.0. The van der Waals surface area contributed by atoms with Gasteiger partial charge in [-0.3, -0.25) is 9.59 Å². The molecular formula is C25H29N5O3. The first kappa shape index (κ1) is 22.5. The van der Waals surface area contributed by atoms with E-state index in [2.05, 4.69) is 22.8 Å². The maximum absolute atomic E-state index is 12.7. The number of nitrogens with zero attached hydrogens (tertiary/aromatic N) is 3. The highest BCUT2D eigenvalue weighted by molar-refractivity contribution is 6.00. The van der Waals surface area contributed by atoms with Gasteiger partial charge in [-0.15, -0.1) is 0 Å². The molecule has 2 amide bonds. The molecule has 2 N–H and O–H groups in total. The van der Waals surface area contributed by atoms with E-state index in [0.29, 0.717) is 26.3 Å². The van der Waals surface area contributed by atoms with Crippen LogP contribution < -0.4 is 10.7 Å². The zero-order valence-electron chi connectivity index (χ0n) is 19.0. The number of carbonyl (C=O) groups is 2. The average molecular weight is 448 g/mol. The average Bonchev–Trinajstić information content (AvgIpc) is 3.18. The summed E-state index contributed by atoms with van der Waals surface area (Å²) >= 11 is 0. The lowest BCUT2D eigenvalue weighted by Gasteiger charge is -2.27. The quantitative estimate of drug-likeness (QED) is 0.431. The molecule has 0 unspecified atom stereocenters. The number of amides is 2. The summed E-state index contributed by atoms with van der Waals surface area (Å²) in [7, 11) is 0. The van der Waals surface area contributed by atoms with Crippen LogP contribution in [0, 0.1) is 13.8 Å². The second-order valence-corrected chi connectivity index (χ2v) is 8.17. The number of hydrazone groups is 1. The van der Waals surface area contributed by atoms with Crippen molar-refractivity contribution < 1.29 is 14.3 Å². The Morgan fingerprint density at radius 3 is 2.67 bits per heavy atom. The van der Waals surface area contributed by atoms with Crippen LogP contribution in [0.2, 0.25) is 0 Å². The number of morpholine rings is 1. The van der Waals surface area contributed by atoms with Crippen LogP contribution in [-0.2, 0) is 20.9 Å². The number of ether oxygens (including phenoxy) is 1. The second-order valence-electron chi connectivity index (χ2n) is 8.17. The summed E-state index contributed by atoms with van der Waals surface area (Å²) in [5.74, 6) is -0.177. The van der Waals surface area contributed by atoms with Crippen molar-refractivity contribution in [2.24, 2.45) is 5.10 Å². The standard InChI is InChI=1S/C25H29N5O3/c1-18-7-8-21(13-19(18)2)26-15-24(31)28-27-14-20-16-30(23-6-4-3-5-22(20)23)17-25(32)29-9-11-33-12-10-29/h3-8,13-14,16,26H,9-12,15,17H2,1-2H3,(H,28,31)/b27-14-. The van der Waals surface area contributed by atoms with Crippen LogP contribution in [-0.4, -0.2) is 60.3 Å². The van der Waals surface area contributed by atoms with E-state index in [4.69, 9.17) is 4.74 Å². The van der Waals surface area contributed by atoms with Gasteiger partial charge >= 0.3 is 0 Å². The fraction of sp³-hybridized carbons (Fsp3) is 0.320. The maximum Gasteiger partial charge on any atom is 0.259 e. The smallest absolute Gasteiger partial charge is 0.259 e. The van der Waals surface area contributed by atoms with Crippen LogP contribution in [0.25, 0.3) is 10.9 Å². The highest BCUT2D eigenvalue weighted by Crippen LogP contribution is 2.20. The van der Waals surface area contributed by atoms with E-state index in [9.17, 15) is 9.59 Å². The van der Waals surface area contributed by atoms with Crippen molar-refractivity contribution in [3.05, 3.63) is 65.4 Å². The molecule has 1 aromatic heterocycles. The summed E-state index contributed by atoms with van der Waals surface area (Å²) in [4.78, 5) is 26.7. The summed E-state index contributed by atoms with van der Waals surface area (Å²) in [6.07, 6.45) is 3.51. The fourth-order valence-corrected chi connectivity index (χ4v) is 3.81. The molecule has 8 heteroatoms. The van der Waals surface area contributed by atoms with Crippen molar-refractivity contribution in [2.45, 2.75) is 20.4 Å². The first-order chi connectivity index (χ1) is 16.0. The largest absolute Gasteiger partial charge is 0.378 e. The molecule has 4 rings (SSSR count). The molecule has 0 radical (unpaired) electrons. The van der Waals surface area contributed by atoms with E-state index >= 15 is 0 Å². The predicted molar refractivity (Wildman–Crippen MR) is 129 cm³/mol. The molecule has 1 fully saturated rings. The lowest BCUT2D eigenvalue weighted by molar-refractivity contribution is -0.135. The number of fused-ring (bicyclic) bond motifs is 1. The number of aromatic nitrogens is 1. The van der Waals surface area contributed by atoms with Gasteiger partial charge in [0.2, 0.25) is 5.91 Å². The minimum atomic E-state index is -0.240. The number of aryl methyl sites for hydroxylation is 2. The number of anilines is 1. The number of hydrogen-bond acceptors (Lipinski definition) is 5. The lowest BCUT2D eigenvalue weighted by atomic mass is 10.1. The van der Waals surface area contributed by atoms with E-state index in [-0.39, 0.29) is 24.9 Å². The molecule has 0 saturated carbocycles. The third-order valence-electron chi connectivity index (χ3n) is 5.84. The Morgan fingerprint density at radius 2 is 1.88 bits per heavy atom. The van der Waals surface area contributed by atoms with Crippen molar-refractivity contribution in [3.63, 3.8) is 0 Å². The molecule has 0 bridgehead atoms. The first-order valence-electron chi connectivity index (χ1n) is 11.1. The molecule has 2 heterocycles. The lowest BCUT2D eigenvalue weighted by Crippen LogP contribution is -2.42. The van der Waals surface area contributed by atoms with Gasteiger partial charge in [-0.2, -0.15) is 5.10 Å². The van der Waals surface area contributed by atoms with Crippen molar-refractivity contribution in [1.82, 2.24) is 14.9 Å². The predicted octanol–water partition coefficient (Wildman–Crippen LogP) is 2.68. The third kappa shape index (κ3) is 5.59. The minimum absolute atomic E-state index is 0.0632.